The number of hydrogen-bond donors (Lipinski definition) is 2. The van der Waals surface area contributed by atoms with E-state index in [2.05, 4.69) is 5.10 Å². The molecule has 0 unspecified atom stereocenters. The van der Waals surface area contributed by atoms with E-state index in [1.54, 1.807) is 13.8 Å². The number of nitrogens with zero attached hydrogens (tertiary/aromatic N) is 4. The fraction of sp³-hybridized carbons (Fsp3) is 0.375. The first-order valence-electron chi connectivity index (χ1n) is 11.2. The van der Waals surface area contributed by atoms with Crippen LogP contribution in [0.25, 0.3) is 0 Å². The van der Waals surface area contributed by atoms with Crippen LogP contribution in [0.5, 0.6) is 0 Å². The lowest BCUT2D eigenvalue weighted by Crippen LogP contribution is -2.50. The molecular weight excluding hydrogens is 436 g/mol. The Morgan fingerprint density at radius 3 is 1.91 bits per heavy atom. The molecule has 0 fully saturated rings. The minimum atomic E-state index is -0.852. The van der Waals surface area contributed by atoms with E-state index in [9.17, 15) is 19.7 Å². The number of carbonyl (C=O) groups excluding carboxylic acids is 2. The number of nitro groups is 1. The summed E-state index contributed by atoms with van der Waals surface area (Å²) in [7, 11) is 0. The molecule has 0 aromatic heterocycles. The number of nitrogens with two attached hydrogens (primary N) is 2. The fourth-order valence-corrected chi connectivity index (χ4v) is 3.97. The number of amides is 2. The summed E-state index contributed by atoms with van der Waals surface area (Å²) < 4.78 is 0. The van der Waals surface area contributed by atoms with Gasteiger partial charge in [-0.15, -0.1) is 0 Å². The van der Waals surface area contributed by atoms with E-state index in [0.29, 0.717) is 26.1 Å². The number of primary amides is 1. The molecule has 10 heteroatoms. The Morgan fingerprint density at radius 1 is 0.971 bits per heavy atom. The van der Waals surface area contributed by atoms with Crippen LogP contribution < -0.4 is 11.5 Å². The van der Waals surface area contributed by atoms with Gasteiger partial charge in [-0.25, -0.2) is 10.1 Å². The van der Waals surface area contributed by atoms with Crippen molar-refractivity contribution in [1.29, 1.82) is 0 Å². The SMILES string of the molecule is CCN(CCC[C@H](C(N)=O)N(CC)C(=O)C(c1ccccc1)c1ccccc1)C(N)=N[N+](=O)[O-]. The lowest BCUT2D eigenvalue weighted by atomic mass is 9.89. The fourth-order valence-electron chi connectivity index (χ4n) is 3.97. The second kappa shape index (κ2) is 12.9. The number of likely N-dealkylation sites (N-methyl/N-ethyl adjacent to an activating group) is 1. The molecule has 182 valence electrons. The first-order valence-corrected chi connectivity index (χ1v) is 11.2. The highest BCUT2D eigenvalue weighted by atomic mass is 16.7. The lowest BCUT2D eigenvalue weighted by Gasteiger charge is -2.33. The summed E-state index contributed by atoms with van der Waals surface area (Å²) in [5.74, 6) is -1.62. The number of carbonyl (C=O) groups is 2. The van der Waals surface area contributed by atoms with Gasteiger partial charge in [-0.1, -0.05) is 60.7 Å². The Bertz CT molecular complexity index is 944. The third-order valence-corrected chi connectivity index (χ3v) is 5.64. The van der Waals surface area contributed by atoms with Crippen molar-refractivity contribution in [3.05, 3.63) is 81.9 Å². The van der Waals surface area contributed by atoms with Crippen molar-refractivity contribution in [3.63, 3.8) is 0 Å². The summed E-state index contributed by atoms with van der Waals surface area (Å²) in [6.45, 7) is 4.63. The van der Waals surface area contributed by atoms with Gasteiger partial charge in [0.1, 0.15) is 11.1 Å². The summed E-state index contributed by atoms with van der Waals surface area (Å²) in [5, 5.41) is 12.9. The molecule has 0 spiro atoms. The Kier molecular flexibility index (Phi) is 10.0. The highest BCUT2D eigenvalue weighted by Crippen LogP contribution is 2.28. The second-order valence-corrected chi connectivity index (χ2v) is 7.71. The average Bonchev–Trinajstić information content (AvgIpc) is 2.82. The smallest absolute Gasteiger partial charge is 0.268 e. The third kappa shape index (κ3) is 7.03. The highest BCUT2D eigenvalue weighted by Gasteiger charge is 2.33. The molecule has 10 nitrogen and oxygen atoms in total. The molecule has 0 aliphatic rings. The lowest BCUT2D eigenvalue weighted by molar-refractivity contribution is -0.485. The average molecular weight is 469 g/mol. The summed E-state index contributed by atoms with van der Waals surface area (Å²) in [6.07, 6.45) is 0.716. The largest absolute Gasteiger partial charge is 0.368 e. The van der Waals surface area contributed by atoms with Crippen LogP contribution in [-0.4, -0.2) is 58.3 Å². The molecule has 4 N–H and O–H groups in total. The number of hydrogen-bond acceptors (Lipinski definition) is 4. The molecule has 0 bridgehead atoms. The van der Waals surface area contributed by atoms with Gasteiger partial charge in [0.2, 0.25) is 11.8 Å². The van der Waals surface area contributed by atoms with Crippen molar-refractivity contribution in [1.82, 2.24) is 9.80 Å². The maximum Gasteiger partial charge on any atom is 0.268 e. The van der Waals surface area contributed by atoms with Crippen molar-refractivity contribution in [2.75, 3.05) is 19.6 Å². The molecule has 0 aliphatic heterocycles. The zero-order chi connectivity index (χ0) is 25.1. The zero-order valence-electron chi connectivity index (χ0n) is 19.5. The summed E-state index contributed by atoms with van der Waals surface area (Å²) in [5.41, 5.74) is 13.0. The maximum absolute atomic E-state index is 13.8. The summed E-state index contributed by atoms with van der Waals surface area (Å²) in [6, 6.07) is 18.0. The van der Waals surface area contributed by atoms with Crippen LogP contribution >= 0.6 is 0 Å². The highest BCUT2D eigenvalue weighted by molar-refractivity contribution is 5.92. The van der Waals surface area contributed by atoms with Crippen LogP contribution in [0, 0.1) is 10.1 Å². The molecule has 0 heterocycles. The van der Waals surface area contributed by atoms with E-state index in [-0.39, 0.29) is 18.3 Å². The number of hydrazone groups is 1. The second-order valence-electron chi connectivity index (χ2n) is 7.71. The van der Waals surface area contributed by atoms with Crippen LogP contribution in [-0.2, 0) is 9.59 Å². The van der Waals surface area contributed by atoms with Crippen molar-refractivity contribution >= 4 is 17.8 Å². The Labute approximate surface area is 199 Å². The van der Waals surface area contributed by atoms with E-state index < -0.39 is 22.9 Å². The first-order chi connectivity index (χ1) is 16.3. The minimum absolute atomic E-state index is 0.209. The molecule has 2 aromatic rings. The van der Waals surface area contributed by atoms with E-state index in [1.165, 1.54) is 9.80 Å². The van der Waals surface area contributed by atoms with Gasteiger partial charge in [0.15, 0.2) is 5.03 Å². The van der Waals surface area contributed by atoms with Crippen LogP contribution in [0.1, 0.15) is 43.7 Å². The van der Waals surface area contributed by atoms with Crippen molar-refractivity contribution in [2.45, 2.75) is 38.6 Å². The normalized spacial score (nSPS) is 12.3. The molecular formula is C24H32N6O4. The topological polar surface area (TPSA) is 148 Å². The molecule has 0 saturated heterocycles. The molecule has 0 aliphatic carbocycles. The van der Waals surface area contributed by atoms with E-state index in [0.717, 1.165) is 11.1 Å². The Hall–Kier alpha value is -3.95. The van der Waals surface area contributed by atoms with Gasteiger partial charge in [0.25, 0.3) is 5.96 Å². The van der Waals surface area contributed by atoms with Crippen LogP contribution in [0.4, 0.5) is 0 Å². The molecule has 0 radical (unpaired) electrons. The van der Waals surface area contributed by atoms with Gasteiger partial charge < -0.3 is 21.3 Å². The quantitative estimate of drug-likeness (QED) is 0.211. The summed E-state index contributed by atoms with van der Waals surface area (Å²) in [4.78, 5) is 39.9. The first kappa shape index (κ1) is 26.3. The van der Waals surface area contributed by atoms with Crippen molar-refractivity contribution < 1.29 is 14.6 Å². The molecule has 2 rings (SSSR count). The number of rotatable bonds is 12. The van der Waals surface area contributed by atoms with Gasteiger partial charge in [0.05, 0.1) is 5.92 Å². The van der Waals surface area contributed by atoms with Crippen molar-refractivity contribution in [3.8, 4) is 0 Å². The zero-order valence-corrected chi connectivity index (χ0v) is 19.5. The minimum Gasteiger partial charge on any atom is -0.368 e. The Balaban J connectivity index is 2.26. The van der Waals surface area contributed by atoms with Crippen LogP contribution in [0.15, 0.2) is 65.8 Å². The van der Waals surface area contributed by atoms with Gasteiger partial charge >= 0.3 is 0 Å². The van der Waals surface area contributed by atoms with Gasteiger partial charge in [0, 0.05) is 19.6 Å². The molecule has 34 heavy (non-hydrogen) atoms. The van der Waals surface area contributed by atoms with E-state index >= 15 is 0 Å². The van der Waals surface area contributed by atoms with Gasteiger partial charge in [-0.2, -0.15) is 0 Å². The van der Waals surface area contributed by atoms with E-state index in [4.69, 9.17) is 11.5 Å². The monoisotopic (exact) mass is 468 g/mol. The third-order valence-electron chi connectivity index (χ3n) is 5.64. The number of guanidine groups is 1. The maximum atomic E-state index is 13.8. The Morgan fingerprint density at radius 2 is 1.50 bits per heavy atom. The number of benzene rings is 2. The van der Waals surface area contributed by atoms with E-state index in [1.807, 2.05) is 60.7 Å². The van der Waals surface area contributed by atoms with Crippen molar-refractivity contribution in [2.24, 2.45) is 16.6 Å². The molecule has 1 atom stereocenters. The predicted octanol–water partition coefficient (Wildman–Crippen LogP) is 2.13. The van der Waals surface area contributed by atoms with Crippen LogP contribution in [0.2, 0.25) is 0 Å². The van der Waals surface area contributed by atoms with Crippen LogP contribution in [0.3, 0.4) is 0 Å². The van der Waals surface area contributed by atoms with Gasteiger partial charge in [-0.3, -0.25) is 9.59 Å². The molecule has 0 saturated carbocycles. The summed E-state index contributed by atoms with van der Waals surface area (Å²) >= 11 is 0. The molecule has 2 amide bonds. The standard InChI is InChI=1S/C24H32N6O4/c1-3-28(24(26)27-30(33)34)17-11-16-20(22(25)31)29(4-2)23(32)21(18-12-7-5-8-13-18)19-14-9-6-10-15-19/h5-10,12-15,20-21H,3-4,11,16-17H2,1-2H3,(H2,25,31)(H2,26,27)/t20-/m1/s1. The van der Waals surface area contributed by atoms with Gasteiger partial charge in [-0.05, 0) is 37.8 Å². The predicted molar refractivity (Wildman–Crippen MR) is 130 cm³/mol. The molecule has 2 aromatic carbocycles.